The number of fused-ring (bicyclic) bond motifs is 1. The number of hydrazine groups is 1. The number of hydrogen-bond acceptors (Lipinski definition) is 5. The molecule has 0 radical (unpaired) electrons. The third kappa shape index (κ3) is 3.96. The van der Waals surface area contributed by atoms with E-state index in [0.717, 1.165) is 24.8 Å². The summed E-state index contributed by atoms with van der Waals surface area (Å²) in [5.41, 5.74) is 7.48. The topological polar surface area (TPSA) is 93.7 Å². The maximum absolute atomic E-state index is 12.8. The number of likely N-dealkylation sites (tertiary alicyclic amines) is 1. The molecule has 4 N–H and O–H groups in total. The van der Waals surface area contributed by atoms with E-state index in [1.165, 1.54) is 0 Å². The van der Waals surface area contributed by atoms with Gasteiger partial charge in [-0.1, -0.05) is 46.3 Å². The Balaban J connectivity index is 1.38. The lowest BCUT2D eigenvalue weighted by atomic mass is 9.84. The minimum Gasteiger partial charge on any atom is -0.394 e. The first-order chi connectivity index (χ1) is 13.6. The molecule has 0 bridgehead atoms. The highest BCUT2D eigenvalue weighted by atomic mass is 79.9. The van der Waals surface area contributed by atoms with Crippen LogP contribution in [0.4, 0.5) is 0 Å². The Morgan fingerprint density at radius 1 is 1.29 bits per heavy atom. The molecule has 28 heavy (non-hydrogen) atoms. The molecule has 2 saturated heterocycles. The van der Waals surface area contributed by atoms with Crippen LogP contribution in [0.5, 0.6) is 0 Å². The van der Waals surface area contributed by atoms with Gasteiger partial charge in [0.15, 0.2) is 0 Å². The van der Waals surface area contributed by atoms with Gasteiger partial charge in [-0.15, -0.1) is 0 Å². The van der Waals surface area contributed by atoms with E-state index in [1.807, 2.05) is 35.2 Å². The minimum atomic E-state index is -0.456. The zero-order valence-corrected chi connectivity index (χ0v) is 17.3. The van der Waals surface area contributed by atoms with E-state index in [-0.39, 0.29) is 31.0 Å². The van der Waals surface area contributed by atoms with E-state index >= 15 is 0 Å². The number of carbonyl (C=O) groups excluding carboxylic acids is 2. The molecule has 0 aromatic heterocycles. The first-order valence-corrected chi connectivity index (χ1v) is 10.9. The van der Waals surface area contributed by atoms with Crippen molar-refractivity contribution in [1.82, 2.24) is 21.1 Å². The molecular formula is C20H27BrN4O3. The lowest BCUT2D eigenvalue weighted by molar-refractivity contribution is -0.131. The van der Waals surface area contributed by atoms with E-state index in [9.17, 15) is 14.7 Å². The smallest absolute Gasteiger partial charge is 0.225 e. The van der Waals surface area contributed by atoms with Crippen molar-refractivity contribution in [3.05, 3.63) is 35.9 Å². The fourth-order valence-electron chi connectivity index (χ4n) is 4.68. The standard InChI is InChI=1S/C20H27BrN4O3/c21-14-6-7-15-16(9-14)23-24-19(15)25-10-13(8-18(25)27)20(28)22-17(11-26)12-4-2-1-3-5-12/h1-5,13-17,19,23-24,26H,6-11H2,(H,22,28)/t13?,14?,15?,16?,17-,19?/m1/s1. The molecular weight excluding hydrogens is 424 g/mol. The molecule has 2 aliphatic heterocycles. The normalized spacial score (nSPS) is 33.6. The number of hydrogen-bond donors (Lipinski definition) is 4. The van der Waals surface area contributed by atoms with Crippen LogP contribution in [0.2, 0.25) is 0 Å². The first-order valence-electron chi connectivity index (χ1n) is 9.97. The summed E-state index contributed by atoms with van der Waals surface area (Å²) in [5.74, 6) is -0.181. The van der Waals surface area contributed by atoms with Gasteiger partial charge in [-0.05, 0) is 24.8 Å². The molecule has 1 aromatic carbocycles. The van der Waals surface area contributed by atoms with Crippen molar-refractivity contribution in [2.45, 2.75) is 48.8 Å². The predicted molar refractivity (Wildman–Crippen MR) is 108 cm³/mol. The van der Waals surface area contributed by atoms with Crippen molar-refractivity contribution >= 4 is 27.7 Å². The fourth-order valence-corrected chi connectivity index (χ4v) is 5.35. The lowest BCUT2D eigenvalue weighted by Gasteiger charge is -2.34. The quantitative estimate of drug-likeness (QED) is 0.503. The molecule has 0 spiro atoms. The van der Waals surface area contributed by atoms with Gasteiger partial charge in [0.05, 0.1) is 24.7 Å². The van der Waals surface area contributed by atoms with Crippen LogP contribution in [-0.4, -0.2) is 52.0 Å². The van der Waals surface area contributed by atoms with Crippen molar-refractivity contribution in [1.29, 1.82) is 0 Å². The Morgan fingerprint density at radius 2 is 2.07 bits per heavy atom. The molecule has 1 saturated carbocycles. The third-order valence-corrected chi connectivity index (χ3v) is 7.06. The molecule has 3 fully saturated rings. The molecule has 1 aliphatic carbocycles. The van der Waals surface area contributed by atoms with Gasteiger partial charge < -0.3 is 15.3 Å². The average molecular weight is 451 g/mol. The second-order valence-corrected chi connectivity index (χ2v) is 9.31. The van der Waals surface area contributed by atoms with Crippen LogP contribution in [0.3, 0.4) is 0 Å². The molecule has 8 heteroatoms. The summed E-state index contributed by atoms with van der Waals surface area (Å²) >= 11 is 3.70. The van der Waals surface area contributed by atoms with Gasteiger partial charge in [0.2, 0.25) is 11.8 Å². The van der Waals surface area contributed by atoms with E-state index in [4.69, 9.17) is 0 Å². The number of rotatable bonds is 5. The number of aliphatic hydroxyl groups excluding tert-OH is 1. The molecule has 3 aliphatic rings. The van der Waals surface area contributed by atoms with E-state index < -0.39 is 12.0 Å². The number of benzene rings is 1. The number of alkyl halides is 1. The summed E-state index contributed by atoms with van der Waals surface area (Å²) in [6.07, 6.45) is 3.34. The highest BCUT2D eigenvalue weighted by Gasteiger charge is 2.47. The van der Waals surface area contributed by atoms with Crippen molar-refractivity contribution < 1.29 is 14.7 Å². The summed E-state index contributed by atoms with van der Waals surface area (Å²) in [6, 6.07) is 9.29. The van der Waals surface area contributed by atoms with Gasteiger partial charge in [0.1, 0.15) is 0 Å². The largest absolute Gasteiger partial charge is 0.394 e. The fraction of sp³-hybridized carbons (Fsp3) is 0.600. The van der Waals surface area contributed by atoms with E-state index in [2.05, 4.69) is 32.1 Å². The van der Waals surface area contributed by atoms with Crippen LogP contribution in [0.25, 0.3) is 0 Å². The third-order valence-electron chi connectivity index (χ3n) is 6.23. The monoisotopic (exact) mass is 450 g/mol. The summed E-state index contributed by atoms with van der Waals surface area (Å²) in [5, 5.41) is 12.6. The number of nitrogens with one attached hydrogen (secondary N) is 3. The SMILES string of the molecule is O=C(N[C@H](CO)c1ccccc1)C1CC(=O)N(C2NNC3CC(Br)CCC32)C1. The molecule has 2 amide bonds. The molecule has 5 unspecified atom stereocenters. The Kier molecular flexibility index (Phi) is 6.01. The maximum atomic E-state index is 12.8. The van der Waals surface area contributed by atoms with Crippen LogP contribution >= 0.6 is 15.9 Å². The predicted octanol–water partition coefficient (Wildman–Crippen LogP) is 1.05. The van der Waals surface area contributed by atoms with Crippen molar-refractivity contribution in [3.63, 3.8) is 0 Å². The highest BCUT2D eigenvalue weighted by molar-refractivity contribution is 9.09. The van der Waals surface area contributed by atoms with Gasteiger partial charge in [-0.2, -0.15) is 0 Å². The summed E-state index contributed by atoms with van der Waals surface area (Å²) in [6.45, 7) is 0.240. The minimum absolute atomic E-state index is 0.0151. The molecule has 6 atom stereocenters. The van der Waals surface area contributed by atoms with Crippen LogP contribution in [0, 0.1) is 11.8 Å². The lowest BCUT2D eigenvalue weighted by Crippen LogP contribution is -2.49. The van der Waals surface area contributed by atoms with Crippen LogP contribution in [-0.2, 0) is 9.59 Å². The van der Waals surface area contributed by atoms with E-state index in [1.54, 1.807) is 0 Å². The maximum Gasteiger partial charge on any atom is 0.225 e. The first kappa shape index (κ1) is 19.8. The number of halogens is 1. The molecule has 1 aromatic rings. The zero-order chi connectivity index (χ0) is 19.7. The number of amides is 2. The summed E-state index contributed by atoms with van der Waals surface area (Å²) in [4.78, 5) is 27.8. The molecule has 2 heterocycles. The Morgan fingerprint density at radius 3 is 2.82 bits per heavy atom. The second-order valence-electron chi connectivity index (χ2n) is 8.02. The number of nitrogens with zero attached hydrogens (tertiary/aromatic N) is 1. The Labute approximate surface area is 173 Å². The van der Waals surface area contributed by atoms with Crippen molar-refractivity contribution in [3.8, 4) is 0 Å². The number of carbonyl (C=O) groups is 2. The Hall–Kier alpha value is -1.48. The van der Waals surface area contributed by atoms with Crippen molar-refractivity contribution in [2.24, 2.45) is 11.8 Å². The number of aliphatic hydroxyl groups is 1. The van der Waals surface area contributed by atoms with Gasteiger partial charge in [0, 0.05) is 29.8 Å². The van der Waals surface area contributed by atoms with Gasteiger partial charge in [0.25, 0.3) is 0 Å². The summed E-state index contributed by atoms with van der Waals surface area (Å²) < 4.78 is 0. The van der Waals surface area contributed by atoms with Crippen LogP contribution in [0.1, 0.15) is 37.3 Å². The average Bonchev–Trinajstić information content (AvgIpc) is 3.29. The zero-order valence-electron chi connectivity index (χ0n) is 15.7. The van der Waals surface area contributed by atoms with E-state index in [0.29, 0.717) is 23.3 Å². The molecule has 7 nitrogen and oxygen atoms in total. The highest BCUT2D eigenvalue weighted by Crippen LogP contribution is 2.36. The van der Waals surface area contributed by atoms with Gasteiger partial charge in [-0.25, -0.2) is 5.43 Å². The summed E-state index contributed by atoms with van der Waals surface area (Å²) in [7, 11) is 0. The van der Waals surface area contributed by atoms with Gasteiger partial charge in [-0.3, -0.25) is 15.0 Å². The van der Waals surface area contributed by atoms with Gasteiger partial charge >= 0.3 is 0 Å². The van der Waals surface area contributed by atoms with Crippen LogP contribution in [0.15, 0.2) is 30.3 Å². The molecule has 152 valence electrons. The van der Waals surface area contributed by atoms with Crippen molar-refractivity contribution in [2.75, 3.05) is 13.2 Å². The second kappa shape index (κ2) is 8.49. The Bertz CT molecular complexity index is 719. The molecule has 4 rings (SSSR count). The van der Waals surface area contributed by atoms with Crippen LogP contribution < -0.4 is 16.2 Å².